The summed E-state index contributed by atoms with van der Waals surface area (Å²) in [5.74, 6) is 0.737. The Morgan fingerprint density at radius 3 is 2.62 bits per heavy atom. The molecule has 0 spiro atoms. The van der Waals surface area contributed by atoms with Crippen molar-refractivity contribution in [3.8, 4) is 0 Å². The fourth-order valence-electron chi connectivity index (χ4n) is 2.75. The van der Waals surface area contributed by atoms with Crippen molar-refractivity contribution in [3.63, 3.8) is 0 Å². The van der Waals surface area contributed by atoms with Gasteiger partial charge in [-0.05, 0) is 46.0 Å². The molecule has 0 aromatic carbocycles. The molecule has 2 nitrogen and oxygen atoms in total. The molecule has 0 aromatic heterocycles. The Kier molecular flexibility index (Phi) is 1.97. The molecule has 1 saturated heterocycles. The topological polar surface area (TPSA) is 18.5 Å². The fraction of sp³-hybridized carbons (Fsp3) is 1.00. The maximum Gasteiger partial charge on any atom is 0.0911 e. The van der Waals surface area contributed by atoms with Crippen molar-refractivity contribution >= 4 is 0 Å². The molecule has 13 heavy (non-hydrogen) atoms. The van der Waals surface area contributed by atoms with E-state index in [-0.39, 0.29) is 11.2 Å². The summed E-state index contributed by atoms with van der Waals surface area (Å²) in [4.78, 5) is 0. The molecule has 1 aliphatic heterocycles. The third-order valence-corrected chi connectivity index (χ3v) is 4.06. The van der Waals surface area contributed by atoms with Gasteiger partial charge in [-0.15, -0.1) is 0 Å². The number of hydrogen-bond donors (Lipinski definition) is 0. The van der Waals surface area contributed by atoms with Crippen molar-refractivity contribution in [2.45, 2.75) is 57.3 Å². The number of rotatable bonds is 1. The minimum atomic E-state index is -0.0374. The quantitative estimate of drug-likeness (QED) is 0.623. The van der Waals surface area contributed by atoms with Crippen molar-refractivity contribution in [1.29, 1.82) is 0 Å². The van der Waals surface area contributed by atoms with E-state index >= 15 is 0 Å². The van der Waals surface area contributed by atoms with E-state index in [1.807, 2.05) is 0 Å². The largest absolute Gasteiger partial charge is 0.376 e. The lowest BCUT2D eigenvalue weighted by molar-refractivity contribution is -0.130. The van der Waals surface area contributed by atoms with Gasteiger partial charge in [0.05, 0.1) is 17.3 Å². The Morgan fingerprint density at radius 2 is 2.00 bits per heavy atom. The van der Waals surface area contributed by atoms with E-state index in [2.05, 4.69) is 20.8 Å². The lowest BCUT2D eigenvalue weighted by Crippen LogP contribution is -2.43. The Labute approximate surface area is 80.6 Å². The van der Waals surface area contributed by atoms with E-state index in [9.17, 15) is 0 Å². The highest BCUT2D eigenvalue weighted by Crippen LogP contribution is 2.49. The van der Waals surface area contributed by atoms with Gasteiger partial charge in [-0.1, -0.05) is 0 Å². The van der Waals surface area contributed by atoms with Gasteiger partial charge in [0.15, 0.2) is 0 Å². The normalized spacial score (nSPS) is 48.0. The predicted molar refractivity (Wildman–Crippen MR) is 51.7 cm³/mol. The summed E-state index contributed by atoms with van der Waals surface area (Å²) >= 11 is 0. The van der Waals surface area contributed by atoms with Gasteiger partial charge in [-0.25, -0.2) is 0 Å². The summed E-state index contributed by atoms with van der Waals surface area (Å²) in [6.45, 7) is 6.59. The van der Waals surface area contributed by atoms with Crippen LogP contribution in [0, 0.1) is 5.92 Å². The number of fused-ring (bicyclic) bond motifs is 2. The molecule has 1 heterocycles. The van der Waals surface area contributed by atoms with E-state index in [1.165, 1.54) is 12.8 Å². The summed E-state index contributed by atoms with van der Waals surface area (Å²) in [6, 6.07) is 0. The molecule has 3 atom stereocenters. The molecule has 2 fully saturated rings. The van der Waals surface area contributed by atoms with Crippen molar-refractivity contribution in [2.75, 3.05) is 7.11 Å². The Morgan fingerprint density at radius 1 is 1.31 bits per heavy atom. The first-order valence-electron chi connectivity index (χ1n) is 5.21. The summed E-state index contributed by atoms with van der Waals surface area (Å²) in [6.07, 6.45) is 3.87. The molecular formula is C11H20O2. The highest BCUT2D eigenvalue weighted by atomic mass is 16.6. The first-order chi connectivity index (χ1) is 5.98. The summed E-state index contributed by atoms with van der Waals surface area (Å²) < 4.78 is 11.6. The molecule has 76 valence electrons. The highest BCUT2D eigenvalue weighted by molar-refractivity contribution is 5.02. The summed E-state index contributed by atoms with van der Waals surface area (Å²) in [5.41, 5.74) is 0.0330. The summed E-state index contributed by atoms with van der Waals surface area (Å²) in [5, 5.41) is 0. The van der Waals surface area contributed by atoms with Crippen molar-refractivity contribution in [3.05, 3.63) is 0 Å². The van der Waals surface area contributed by atoms with Gasteiger partial charge in [-0.2, -0.15) is 0 Å². The van der Waals surface area contributed by atoms with Crippen LogP contribution in [0.5, 0.6) is 0 Å². The van der Waals surface area contributed by atoms with Gasteiger partial charge in [0.25, 0.3) is 0 Å². The molecule has 0 radical (unpaired) electrons. The zero-order valence-corrected chi connectivity index (χ0v) is 9.09. The van der Waals surface area contributed by atoms with Crippen LogP contribution >= 0.6 is 0 Å². The number of hydrogen-bond acceptors (Lipinski definition) is 2. The molecule has 1 saturated carbocycles. The molecule has 2 bridgehead atoms. The standard InChI is InChI=1S/C11H20O2/c1-10(2)8-5-6-11(3,12-4)9(7-8)13-10/h8-9H,5-7H2,1-4H3/t8-,9-,11-/m1/s1. The smallest absolute Gasteiger partial charge is 0.0911 e. The zero-order chi connectivity index (χ0) is 9.69. The third-order valence-electron chi connectivity index (χ3n) is 4.06. The molecular weight excluding hydrogens is 164 g/mol. The first-order valence-corrected chi connectivity index (χ1v) is 5.21. The Hall–Kier alpha value is -0.0800. The van der Waals surface area contributed by atoms with Crippen LogP contribution in [-0.4, -0.2) is 24.4 Å². The first kappa shape index (κ1) is 9.47. The SMILES string of the molecule is CO[C@]1(C)CC[C@@H]2C[C@H]1OC2(C)C. The maximum atomic E-state index is 6.05. The fourth-order valence-corrected chi connectivity index (χ4v) is 2.75. The van der Waals surface area contributed by atoms with Gasteiger partial charge in [0.2, 0.25) is 0 Å². The molecule has 1 aliphatic carbocycles. The van der Waals surface area contributed by atoms with Crippen LogP contribution in [0.15, 0.2) is 0 Å². The second-order valence-corrected chi connectivity index (χ2v) is 5.20. The second-order valence-electron chi connectivity index (χ2n) is 5.20. The third kappa shape index (κ3) is 1.31. The Balaban J connectivity index is 2.19. The molecule has 0 unspecified atom stereocenters. The minimum absolute atomic E-state index is 0.0374. The average molecular weight is 184 g/mol. The van der Waals surface area contributed by atoms with Gasteiger partial charge < -0.3 is 9.47 Å². The average Bonchev–Trinajstić information content (AvgIpc) is 2.33. The predicted octanol–water partition coefficient (Wildman–Crippen LogP) is 2.37. The van der Waals surface area contributed by atoms with Crippen LogP contribution in [0.1, 0.15) is 40.0 Å². The molecule has 2 rings (SSSR count). The molecule has 2 heteroatoms. The van der Waals surface area contributed by atoms with E-state index in [0.717, 1.165) is 12.3 Å². The second kappa shape index (κ2) is 2.71. The summed E-state index contributed by atoms with van der Waals surface area (Å²) in [7, 11) is 1.80. The number of methoxy groups -OCH3 is 1. The number of ether oxygens (including phenoxy) is 2. The van der Waals surface area contributed by atoms with Gasteiger partial charge in [0.1, 0.15) is 0 Å². The van der Waals surface area contributed by atoms with Crippen LogP contribution in [0.3, 0.4) is 0 Å². The molecule has 0 amide bonds. The van der Waals surface area contributed by atoms with Crippen molar-refractivity contribution in [2.24, 2.45) is 5.92 Å². The van der Waals surface area contributed by atoms with Crippen molar-refractivity contribution < 1.29 is 9.47 Å². The van der Waals surface area contributed by atoms with Crippen LogP contribution in [0.2, 0.25) is 0 Å². The molecule has 0 aromatic rings. The lowest BCUT2D eigenvalue weighted by atomic mass is 9.75. The van der Waals surface area contributed by atoms with E-state index in [1.54, 1.807) is 7.11 Å². The van der Waals surface area contributed by atoms with E-state index in [4.69, 9.17) is 9.47 Å². The minimum Gasteiger partial charge on any atom is -0.376 e. The van der Waals surface area contributed by atoms with E-state index < -0.39 is 0 Å². The van der Waals surface area contributed by atoms with Crippen LogP contribution in [-0.2, 0) is 9.47 Å². The zero-order valence-electron chi connectivity index (χ0n) is 9.09. The Bertz CT molecular complexity index is 212. The molecule has 0 N–H and O–H groups in total. The van der Waals surface area contributed by atoms with Gasteiger partial charge in [0, 0.05) is 7.11 Å². The van der Waals surface area contributed by atoms with E-state index in [0.29, 0.717) is 6.10 Å². The lowest BCUT2D eigenvalue weighted by Gasteiger charge is -2.36. The van der Waals surface area contributed by atoms with Crippen LogP contribution in [0.4, 0.5) is 0 Å². The van der Waals surface area contributed by atoms with Crippen LogP contribution in [0.25, 0.3) is 0 Å². The highest BCUT2D eigenvalue weighted by Gasteiger charge is 2.53. The van der Waals surface area contributed by atoms with Crippen molar-refractivity contribution in [1.82, 2.24) is 0 Å². The van der Waals surface area contributed by atoms with Gasteiger partial charge in [-0.3, -0.25) is 0 Å². The maximum absolute atomic E-state index is 6.05. The van der Waals surface area contributed by atoms with Crippen LogP contribution < -0.4 is 0 Å². The molecule has 2 aliphatic rings. The van der Waals surface area contributed by atoms with Gasteiger partial charge >= 0.3 is 0 Å². The monoisotopic (exact) mass is 184 g/mol.